The predicted octanol–water partition coefficient (Wildman–Crippen LogP) is 6.61. The van der Waals surface area contributed by atoms with E-state index in [-0.39, 0.29) is 43.7 Å². The Morgan fingerprint density at radius 3 is 1.73 bits per heavy atom. The number of rotatable bonds is 8. The average Bonchev–Trinajstić information content (AvgIpc) is 3.43. The molecule has 0 bridgehead atoms. The van der Waals surface area contributed by atoms with E-state index in [2.05, 4.69) is 24.3 Å². The molecule has 5 aromatic rings. The molecule has 2 amide bonds. The largest absolute Gasteiger partial charge is 0.493 e. The fourth-order valence-corrected chi connectivity index (χ4v) is 7.92. The van der Waals surface area contributed by atoms with E-state index in [1.54, 1.807) is 24.3 Å². The van der Waals surface area contributed by atoms with E-state index in [4.69, 9.17) is 29.2 Å². The van der Waals surface area contributed by atoms with Gasteiger partial charge in [-0.1, -0.05) is 48.5 Å². The molecule has 55 heavy (non-hydrogen) atoms. The number of carbonyl (C=O) groups excluding carboxylic acids is 2. The van der Waals surface area contributed by atoms with E-state index < -0.39 is 0 Å². The number of aliphatic imine (C=N–C) groups is 2. The second-order valence-corrected chi connectivity index (χ2v) is 14.4. The summed E-state index contributed by atoms with van der Waals surface area (Å²) >= 11 is 0. The second-order valence-electron chi connectivity index (χ2n) is 14.4. The smallest absolute Gasteiger partial charge is 0.257 e. The van der Waals surface area contributed by atoms with E-state index in [1.807, 2.05) is 65.6 Å². The molecule has 4 aromatic carbocycles. The Morgan fingerprint density at radius 2 is 1.18 bits per heavy atom. The molecule has 0 saturated heterocycles. The van der Waals surface area contributed by atoms with Crippen molar-refractivity contribution in [3.63, 3.8) is 0 Å². The molecule has 0 saturated carbocycles. The predicted molar refractivity (Wildman–Crippen MR) is 207 cm³/mol. The molecule has 0 unspecified atom stereocenters. The fourth-order valence-electron chi connectivity index (χ4n) is 7.92. The van der Waals surface area contributed by atoms with Gasteiger partial charge in [-0.2, -0.15) is 0 Å². The van der Waals surface area contributed by atoms with Crippen LogP contribution in [0.5, 0.6) is 17.2 Å². The number of nitrogens with zero attached hydrogens (tertiary/aromatic N) is 5. The number of aromatic nitrogens is 1. The SMILES string of the molecule is COc1cc2c(cc1OCc1cc(CO)cc(COc3cc4c(cc3C)C(=O)N3Cc5ccccc5C[C@H]3C=N4)n1)N=C[C@@H]1Cc3ccccc3CN1C2=O. The van der Waals surface area contributed by atoms with Crippen LogP contribution in [0.2, 0.25) is 0 Å². The molecular formula is C44H39N5O6. The molecule has 0 spiro atoms. The normalized spacial score (nSPS) is 17.9. The number of carbonyl (C=O) groups is 2. The van der Waals surface area contributed by atoms with E-state index in [1.165, 1.54) is 18.2 Å². The summed E-state index contributed by atoms with van der Waals surface area (Å²) in [5.74, 6) is 1.25. The first-order valence-corrected chi connectivity index (χ1v) is 18.4. The van der Waals surface area contributed by atoms with Crippen molar-refractivity contribution in [3.05, 3.63) is 141 Å². The van der Waals surface area contributed by atoms with Crippen LogP contribution in [-0.4, -0.2) is 63.3 Å². The maximum atomic E-state index is 13.8. The summed E-state index contributed by atoms with van der Waals surface area (Å²) in [6, 6.07) is 26.8. The van der Waals surface area contributed by atoms with Gasteiger partial charge in [0.25, 0.3) is 11.8 Å². The topological polar surface area (TPSA) is 126 Å². The van der Waals surface area contributed by atoms with Gasteiger partial charge in [-0.3, -0.25) is 24.6 Å². The molecule has 11 heteroatoms. The zero-order valence-corrected chi connectivity index (χ0v) is 30.6. The molecule has 0 radical (unpaired) electrons. The molecule has 0 fully saturated rings. The van der Waals surface area contributed by atoms with Gasteiger partial charge in [0.1, 0.15) is 19.0 Å². The lowest BCUT2D eigenvalue weighted by molar-refractivity contribution is 0.0696. The van der Waals surface area contributed by atoms with Gasteiger partial charge in [0.2, 0.25) is 0 Å². The molecule has 1 N–H and O–H groups in total. The van der Waals surface area contributed by atoms with Gasteiger partial charge < -0.3 is 29.1 Å². The number of amides is 2. The van der Waals surface area contributed by atoms with Crippen molar-refractivity contribution in [2.75, 3.05) is 7.11 Å². The van der Waals surface area contributed by atoms with Gasteiger partial charge in [0, 0.05) is 37.7 Å². The van der Waals surface area contributed by atoms with Crippen LogP contribution in [0.25, 0.3) is 0 Å². The van der Waals surface area contributed by atoms with Crippen LogP contribution in [-0.2, 0) is 45.8 Å². The van der Waals surface area contributed by atoms with Crippen molar-refractivity contribution in [1.82, 2.24) is 14.8 Å². The Morgan fingerprint density at radius 1 is 0.673 bits per heavy atom. The highest BCUT2D eigenvalue weighted by Gasteiger charge is 2.34. The Hall–Kier alpha value is -6.33. The molecule has 11 nitrogen and oxygen atoms in total. The number of ether oxygens (including phenoxy) is 3. The lowest BCUT2D eigenvalue weighted by atomic mass is 9.94. The summed E-state index contributed by atoms with van der Waals surface area (Å²) in [6.07, 6.45) is 5.13. The zero-order chi connectivity index (χ0) is 37.6. The second kappa shape index (κ2) is 14.1. The number of hydrogen-bond donors (Lipinski definition) is 1. The van der Waals surface area contributed by atoms with Gasteiger partial charge in [-0.15, -0.1) is 0 Å². The highest BCUT2D eigenvalue weighted by molar-refractivity contribution is 6.04. The Labute approximate surface area is 318 Å². The number of aliphatic hydroxyl groups is 1. The number of benzene rings is 4. The van der Waals surface area contributed by atoms with Crippen molar-refractivity contribution in [2.24, 2.45) is 9.98 Å². The summed E-state index contributed by atoms with van der Waals surface area (Å²) < 4.78 is 18.2. The maximum Gasteiger partial charge on any atom is 0.257 e. The maximum absolute atomic E-state index is 13.8. The molecule has 1 aromatic heterocycles. The van der Waals surface area contributed by atoms with Gasteiger partial charge in [0.05, 0.1) is 59.7 Å². The minimum atomic E-state index is -0.195. The van der Waals surface area contributed by atoms with Crippen LogP contribution in [0.4, 0.5) is 11.4 Å². The van der Waals surface area contributed by atoms with Crippen LogP contribution >= 0.6 is 0 Å². The van der Waals surface area contributed by atoms with Gasteiger partial charge in [-0.25, -0.2) is 0 Å². The van der Waals surface area contributed by atoms with E-state index in [9.17, 15) is 14.7 Å². The molecule has 0 aliphatic carbocycles. The Kier molecular flexibility index (Phi) is 8.86. The van der Waals surface area contributed by atoms with E-state index >= 15 is 0 Å². The molecule has 2 atom stereocenters. The highest BCUT2D eigenvalue weighted by atomic mass is 16.5. The third kappa shape index (κ3) is 6.50. The number of aryl methyl sites for hydroxylation is 1. The van der Waals surface area contributed by atoms with Crippen molar-refractivity contribution in [3.8, 4) is 17.2 Å². The summed E-state index contributed by atoms with van der Waals surface area (Å²) in [5, 5.41) is 10.1. The Bertz CT molecular complexity index is 2420. The monoisotopic (exact) mass is 733 g/mol. The summed E-state index contributed by atoms with van der Waals surface area (Å²) in [4.78, 5) is 45.6. The first-order chi connectivity index (χ1) is 26.8. The lowest BCUT2D eigenvalue weighted by Gasteiger charge is -2.34. The molecule has 276 valence electrons. The van der Waals surface area contributed by atoms with Crippen LogP contribution < -0.4 is 14.2 Å². The van der Waals surface area contributed by atoms with Crippen LogP contribution in [0, 0.1) is 6.92 Å². The first-order valence-electron chi connectivity index (χ1n) is 18.4. The van der Waals surface area contributed by atoms with Crippen molar-refractivity contribution in [2.45, 2.75) is 64.8 Å². The standard InChI is InChI=1S/C44H39N5O6/c1-26-11-36-38(45-19-34-14-28-7-3-5-9-30(28)21-48(34)43(36)51)17-40(26)54-24-32-12-27(23-50)13-33(47-32)25-55-42-18-39-37(16-41(42)53-2)44(52)49-22-31-10-6-4-8-29(31)15-35(49)20-46-39/h3-13,16-20,34-35,50H,14-15,21-25H2,1-2H3/t34-,35-/m0/s1. The fraction of sp³-hybridized carbons (Fsp3) is 0.250. The quantitative estimate of drug-likeness (QED) is 0.190. The third-order valence-electron chi connectivity index (χ3n) is 10.8. The molecule has 4 aliphatic heterocycles. The van der Waals surface area contributed by atoms with Crippen LogP contribution in [0.15, 0.2) is 94.9 Å². The summed E-state index contributed by atoms with van der Waals surface area (Å²) in [5.41, 5.74) is 9.45. The summed E-state index contributed by atoms with van der Waals surface area (Å²) in [6.45, 7) is 2.95. The number of aliphatic hydroxyl groups excluding tert-OH is 1. The number of fused-ring (bicyclic) bond motifs is 6. The summed E-state index contributed by atoms with van der Waals surface area (Å²) in [7, 11) is 1.54. The van der Waals surface area contributed by atoms with Crippen molar-refractivity contribution in [1.29, 1.82) is 0 Å². The molecular weight excluding hydrogens is 695 g/mol. The number of hydrogen-bond acceptors (Lipinski definition) is 9. The molecule has 5 heterocycles. The highest BCUT2D eigenvalue weighted by Crippen LogP contribution is 2.39. The first kappa shape index (κ1) is 34.4. The molecule has 9 rings (SSSR count). The van der Waals surface area contributed by atoms with Gasteiger partial charge in [0.15, 0.2) is 11.5 Å². The lowest BCUT2D eigenvalue weighted by Crippen LogP contribution is -2.44. The van der Waals surface area contributed by atoms with E-state index in [0.717, 1.165) is 23.1 Å². The van der Waals surface area contributed by atoms with Gasteiger partial charge in [-0.05, 0) is 77.4 Å². The van der Waals surface area contributed by atoms with Crippen molar-refractivity contribution < 1.29 is 28.9 Å². The van der Waals surface area contributed by atoms with Gasteiger partial charge >= 0.3 is 0 Å². The van der Waals surface area contributed by atoms with Crippen LogP contribution in [0.1, 0.15) is 65.5 Å². The number of methoxy groups -OCH3 is 1. The third-order valence-corrected chi connectivity index (χ3v) is 10.8. The van der Waals surface area contributed by atoms with Crippen LogP contribution in [0.3, 0.4) is 0 Å². The minimum absolute atomic E-state index is 0.0464. The average molecular weight is 734 g/mol. The number of pyridine rings is 1. The van der Waals surface area contributed by atoms with Crippen molar-refractivity contribution >= 4 is 35.6 Å². The zero-order valence-electron chi connectivity index (χ0n) is 30.6. The Balaban J connectivity index is 0.915. The molecule has 4 aliphatic rings. The van der Waals surface area contributed by atoms with E-state index in [0.29, 0.717) is 76.2 Å². The minimum Gasteiger partial charge on any atom is -0.493 e.